The normalized spacial score (nSPS) is 17.6. The van der Waals surface area contributed by atoms with Crippen molar-refractivity contribution < 1.29 is 22.8 Å². The van der Waals surface area contributed by atoms with Gasteiger partial charge in [0.15, 0.2) is 0 Å². The van der Waals surface area contributed by atoms with Gasteiger partial charge in [0.05, 0.1) is 22.8 Å². The fourth-order valence-corrected chi connectivity index (χ4v) is 4.80. The number of carbonyl (C=O) groups excluding carboxylic acids is 2. The lowest BCUT2D eigenvalue weighted by atomic mass is 10.1. The van der Waals surface area contributed by atoms with Gasteiger partial charge in [-0.1, -0.05) is 29.8 Å². The van der Waals surface area contributed by atoms with Crippen molar-refractivity contribution in [3.05, 3.63) is 65.3 Å². The van der Waals surface area contributed by atoms with Crippen LogP contribution in [0, 0.1) is 0 Å². The van der Waals surface area contributed by atoms with Crippen LogP contribution in [0.2, 0.25) is 5.02 Å². The van der Waals surface area contributed by atoms with Crippen molar-refractivity contribution in [2.24, 2.45) is 0 Å². The van der Waals surface area contributed by atoms with Crippen LogP contribution in [0.4, 0.5) is 23.7 Å². The molecule has 1 aliphatic carbocycles. The molecule has 1 saturated carbocycles. The Morgan fingerprint density at radius 1 is 1.06 bits per heavy atom. The topological polar surface area (TPSA) is 53.5 Å². The molecule has 2 fully saturated rings. The lowest BCUT2D eigenvalue weighted by molar-refractivity contribution is -0.120. The minimum atomic E-state index is -4.41. The lowest BCUT2D eigenvalue weighted by Crippen LogP contribution is -2.36. The van der Waals surface area contributed by atoms with Gasteiger partial charge in [0, 0.05) is 22.0 Å². The molecule has 3 aromatic rings. The van der Waals surface area contributed by atoms with Gasteiger partial charge in [0.2, 0.25) is 0 Å². The molecule has 1 aromatic heterocycles. The van der Waals surface area contributed by atoms with E-state index >= 15 is 0 Å². The highest BCUT2D eigenvalue weighted by Gasteiger charge is 2.65. The van der Waals surface area contributed by atoms with Gasteiger partial charge in [-0.25, -0.2) is 9.69 Å². The number of thioether (sulfide) groups is 1. The molecule has 0 bridgehead atoms. The number of amides is 3. The molecule has 2 aromatic carbocycles. The second-order valence-electron chi connectivity index (χ2n) is 7.68. The molecule has 0 unspecified atom stereocenters. The standard InChI is InChI=1S/C22H15ClF3N3O2S/c23-17-11-27-18-4-2-1-3-15(18)16(17)12-28-20(31)29(19(30)21(28)9-10-21)13-5-7-14(8-6-13)32-22(24,25)26/h1-8,11H,9-10,12H2. The molecule has 3 amide bonds. The maximum absolute atomic E-state index is 13.3. The number of urea groups is 1. The van der Waals surface area contributed by atoms with Crippen molar-refractivity contribution in [2.45, 2.75) is 35.3 Å². The monoisotopic (exact) mass is 477 g/mol. The average Bonchev–Trinajstić information content (AvgIpc) is 3.51. The highest BCUT2D eigenvalue weighted by Crippen LogP contribution is 2.50. The van der Waals surface area contributed by atoms with Crippen LogP contribution >= 0.6 is 23.4 Å². The van der Waals surface area contributed by atoms with Crippen molar-refractivity contribution >= 4 is 51.9 Å². The summed E-state index contributed by atoms with van der Waals surface area (Å²) in [7, 11) is 0. The van der Waals surface area contributed by atoms with Crippen LogP contribution in [0.3, 0.4) is 0 Å². The van der Waals surface area contributed by atoms with E-state index in [2.05, 4.69) is 4.98 Å². The molecule has 1 spiro atoms. The number of para-hydroxylation sites is 1. The summed E-state index contributed by atoms with van der Waals surface area (Å²) in [5.74, 6) is -0.367. The van der Waals surface area contributed by atoms with Crippen LogP contribution in [0.25, 0.3) is 10.9 Å². The fraction of sp³-hybridized carbons (Fsp3) is 0.227. The molecule has 1 aliphatic heterocycles. The van der Waals surface area contributed by atoms with Gasteiger partial charge < -0.3 is 4.90 Å². The summed E-state index contributed by atoms with van der Waals surface area (Å²) in [6, 6.07) is 12.1. The number of halogens is 4. The number of alkyl halides is 3. The number of imide groups is 1. The number of anilines is 1. The summed E-state index contributed by atoms with van der Waals surface area (Å²) in [5.41, 5.74) is -3.69. The summed E-state index contributed by atoms with van der Waals surface area (Å²) in [4.78, 5) is 33.4. The zero-order valence-electron chi connectivity index (χ0n) is 16.4. The van der Waals surface area contributed by atoms with Crippen molar-refractivity contribution in [1.82, 2.24) is 9.88 Å². The number of pyridine rings is 1. The predicted octanol–water partition coefficient (Wildman–Crippen LogP) is 6.00. The Kier molecular flexibility index (Phi) is 4.86. The molecule has 2 aliphatic rings. The Labute approximate surface area is 190 Å². The van der Waals surface area contributed by atoms with Crippen LogP contribution < -0.4 is 4.90 Å². The van der Waals surface area contributed by atoms with Gasteiger partial charge in [-0.05, 0) is 54.9 Å². The summed E-state index contributed by atoms with van der Waals surface area (Å²) in [5, 5.41) is 1.19. The smallest absolute Gasteiger partial charge is 0.305 e. The second-order valence-corrected chi connectivity index (χ2v) is 9.23. The third kappa shape index (κ3) is 3.49. The van der Waals surface area contributed by atoms with E-state index in [1.165, 1.54) is 35.4 Å². The first-order valence-electron chi connectivity index (χ1n) is 9.74. The molecule has 1 saturated heterocycles. The summed E-state index contributed by atoms with van der Waals surface area (Å²) in [6.45, 7) is 0.130. The fourth-order valence-electron chi connectivity index (χ4n) is 4.05. The maximum atomic E-state index is 13.3. The summed E-state index contributed by atoms with van der Waals surface area (Å²) in [6.07, 6.45) is 2.57. The van der Waals surface area contributed by atoms with Crippen LogP contribution in [0.5, 0.6) is 0 Å². The van der Waals surface area contributed by atoms with E-state index < -0.39 is 17.1 Å². The van der Waals surface area contributed by atoms with Crippen LogP contribution in [0.15, 0.2) is 59.6 Å². The van der Waals surface area contributed by atoms with Crippen LogP contribution in [-0.2, 0) is 11.3 Å². The number of fused-ring (bicyclic) bond motifs is 1. The molecule has 0 atom stereocenters. The lowest BCUT2D eigenvalue weighted by Gasteiger charge is -2.22. The van der Waals surface area contributed by atoms with E-state index in [4.69, 9.17) is 11.6 Å². The highest BCUT2D eigenvalue weighted by atomic mass is 35.5. The number of hydrogen-bond donors (Lipinski definition) is 0. The molecule has 164 valence electrons. The number of nitrogens with zero attached hydrogens (tertiary/aromatic N) is 3. The number of benzene rings is 2. The Morgan fingerprint density at radius 3 is 2.41 bits per heavy atom. The molecule has 10 heteroatoms. The van der Waals surface area contributed by atoms with Crippen LogP contribution in [-0.4, -0.2) is 32.9 Å². The Bertz CT molecular complexity index is 1250. The maximum Gasteiger partial charge on any atom is 0.446 e. The van der Waals surface area contributed by atoms with Gasteiger partial charge in [-0.2, -0.15) is 13.2 Å². The van der Waals surface area contributed by atoms with Gasteiger partial charge >= 0.3 is 11.5 Å². The Hall–Kier alpha value is -2.78. The number of aromatic nitrogens is 1. The number of rotatable bonds is 4. The molecule has 0 N–H and O–H groups in total. The minimum Gasteiger partial charge on any atom is -0.305 e. The zero-order chi connectivity index (χ0) is 22.7. The molecule has 0 radical (unpaired) electrons. The van der Waals surface area contributed by atoms with Crippen LogP contribution in [0.1, 0.15) is 18.4 Å². The zero-order valence-corrected chi connectivity index (χ0v) is 18.0. The average molecular weight is 478 g/mol. The van der Waals surface area contributed by atoms with Crippen molar-refractivity contribution in [3.63, 3.8) is 0 Å². The van der Waals surface area contributed by atoms with E-state index in [0.717, 1.165) is 15.8 Å². The first-order valence-corrected chi connectivity index (χ1v) is 10.9. The van der Waals surface area contributed by atoms with Gasteiger partial charge in [-0.15, -0.1) is 0 Å². The van der Waals surface area contributed by atoms with Gasteiger partial charge in [0.1, 0.15) is 5.54 Å². The van der Waals surface area contributed by atoms with E-state index in [0.29, 0.717) is 23.4 Å². The van der Waals surface area contributed by atoms with Crippen molar-refractivity contribution in [2.75, 3.05) is 4.90 Å². The molecule has 5 rings (SSSR count). The van der Waals surface area contributed by atoms with Crippen molar-refractivity contribution in [1.29, 1.82) is 0 Å². The Morgan fingerprint density at radius 2 is 1.75 bits per heavy atom. The SMILES string of the molecule is O=C1N(c2ccc(SC(F)(F)F)cc2)C(=O)C2(CC2)N1Cc1c(Cl)cnc2ccccc12. The van der Waals surface area contributed by atoms with E-state index in [1.54, 1.807) is 0 Å². The largest absolute Gasteiger partial charge is 0.446 e. The molecule has 2 heterocycles. The van der Waals surface area contributed by atoms with E-state index in [-0.39, 0.29) is 34.8 Å². The third-order valence-corrected chi connectivity index (χ3v) is 6.81. The quantitative estimate of drug-likeness (QED) is 0.341. The van der Waals surface area contributed by atoms with E-state index in [1.807, 2.05) is 24.3 Å². The third-order valence-electron chi connectivity index (χ3n) is 5.74. The van der Waals surface area contributed by atoms with Gasteiger partial charge in [0.25, 0.3) is 5.91 Å². The molecule has 32 heavy (non-hydrogen) atoms. The summed E-state index contributed by atoms with van der Waals surface area (Å²) < 4.78 is 37.8. The first-order chi connectivity index (χ1) is 15.2. The van der Waals surface area contributed by atoms with E-state index in [9.17, 15) is 22.8 Å². The first kappa shape index (κ1) is 21.1. The number of hydrogen-bond acceptors (Lipinski definition) is 4. The highest BCUT2D eigenvalue weighted by molar-refractivity contribution is 8.00. The predicted molar refractivity (Wildman–Crippen MR) is 115 cm³/mol. The number of carbonyl (C=O) groups is 2. The minimum absolute atomic E-state index is 0.0200. The molecule has 5 nitrogen and oxygen atoms in total. The van der Waals surface area contributed by atoms with Gasteiger partial charge in [-0.3, -0.25) is 9.78 Å². The van der Waals surface area contributed by atoms with Crippen molar-refractivity contribution in [3.8, 4) is 0 Å². The Balaban J connectivity index is 1.47. The summed E-state index contributed by atoms with van der Waals surface area (Å²) >= 11 is 6.16. The molecular weight excluding hydrogens is 463 g/mol. The molecular formula is C22H15ClF3N3O2S. The second kappa shape index (κ2) is 7.38.